The van der Waals surface area contributed by atoms with Gasteiger partial charge in [0, 0.05) is 13.1 Å². The summed E-state index contributed by atoms with van der Waals surface area (Å²) in [6.45, 7) is 4.21. The highest BCUT2D eigenvalue weighted by Crippen LogP contribution is 2.49. The summed E-state index contributed by atoms with van der Waals surface area (Å²) in [4.78, 5) is 4.49. The first-order valence-corrected chi connectivity index (χ1v) is 6.78. The highest BCUT2D eigenvalue weighted by molar-refractivity contribution is 14.0. The molecule has 2 saturated carbocycles. The van der Waals surface area contributed by atoms with Gasteiger partial charge in [0.05, 0.1) is 0 Å². The van der Waals surface area contributed by atoms with Gasteiger partial charge in [0.25, 0.3) is 0 Å². The molecule has 3 N–H and O–H groups in total. The molecule has 0 aromatic carbocycles. The number of hydrogen-bond acceptors (Lipinski definition) is 1. The van der Waals surface area contributed by atoms with Crippen LogP contribution < -0.4 is 11.1 Å². The van der Waals surface area contributed by atoms with E-state index in [0.717, 1.165) is 19.0 Å². The SMILES string of the molecule is CCCC1(CN=C(N)NCC2CCC2)CC1.I. The molecule has 0 unspecified atom stereocenters. The van der Waals surface area contributed by atoms with Crippen LogP contribution in [0.25, 0.3) is 0 Å². The van der Waals surface area contributed by atoms with Gasteiger partial charge < -0.3 is 11.1 Å². The highest BCUT2D eigenvalue weighted by atomic mass is 127. The zero-order valence-corrected chi connectivity index (χ0v) is 13.2. The van der Waals surface area contributed by atoms with Gasteiger partial charge in [-0.3, -0.25) is 4.99 Å². The van der Waals surface area contributed by atoms with Crippen molar-refractivity contribution in [2.24, 2.45) is 22.1 Å². The van der Waals surface area contributed by atoms with Crippen LogP contribution in [0, 0.1) is 11.3 Å². The minimum absolute atomic E-state index is 0. The molecule has 2 fully saturated rings. The Labute approximate surface area is 122 Å². The summed E-state index contributed by atoms with van der Waals surface area (Å²) in [5, 5.41) is 3.25. The van der Waals surface area contributed by atoms with Crippen molar-refractivity contribution in [2.75, 3.05) is 13.1 Å². The molecule has 4 heteroatoms. The monoisotopic (exact) mass is 351 g/mol. The van der Waals surface area contributed by atoms with Crippen molar-refractivity contribution >= 4 is 29.9 Å². The molecule has 2 aliphatic carbocycles. The van der Waals surface area contributed by atoms with Gasteiger partial charge in [0.2, 0.25) is 0 Å². The first-order chi connectivity index (χ1) is 7.74. The summed E-state index contributed by atoms with van der Waals surface area (Å²) in [5.41, 5.74) is 6.40. The fourth-order valence-corrected chi connectivity index (χ4v) is 2.45. The normalized spacial score (nSPS) is 22.5. The molecule has 100 valence electrons. The molecule has 0 atom stereocenters. The Kier molecular flexibility index (Phi) is 6.03. The molecule has 0 saturated heterocycles. The lowest BCUT2D eigenvalue weighted by atomic mass is 9.85. The van der Waals surface area contributed by atoms with Gasteiger partial charge in [-0.25, -0.2) is 0 Å². The zero-order chi connectivity index (χ0) is 11.4. The molecular weight excluding hydrogens is 325 g/mol. The molecular formula is C13H26IN3. The summed E-state index contributed by atoms with van der Waals surface area (Å²) >= 11 is 0. The van der Waals surface area contributed by atoms with Gasteiger partial charge in [-0.05, 0) is 43.4 Å². The fraction of sp³-hybridized carbons (Fsp3) is 0.923. The van der Waals surface area contributed by atoms with Crippen molar-refractivity contribution in [3.05, 3.63) is 0 Å². The van der Waals surface area contributed by atoms with Crippen molar-refractivity contribution in [1.82, 2.24) is 5.32 Å². The second kappa shape index (κ2) is 6.81. The van der Waals surface area contributed by atoms with E-state index >= 15 is 0 Å². The van der Waals surface area contributed by atoms with Gasteiger partial charge in [-0.2, -0.15) is 0 Å². The van der Waals surface area contributed by atoms with E-state index in [1.54, 1.807) is 0 Å². The van der Waals surface area contributed by atoms with Crippen LogP contribution in [0.5, 0.6) is 0 Å². The molecule has 0 spiro atoms. The predicted octanol–water partition coefficient (Wildman–Crippen LogP) is 2.89. The number of aliphatic imine (C=N–C) groups is 1. The second-order valence-corrected chi connectivity index (χ2v) is 5.63. The third-order valence-electron chi connectivity index (χ3n) is 4.12. The van der Waals surface area contributed by atoms with Gasteiger partial charge in [0.1, 0.15) is 0 Å². The lowest BCUT2D eigenvalue weighted by Crippen LogP contribution is -2.37. The maximum Gasteiger partial charge on any atom is 0.188 e. The first-order valence-electron chi connectivity index (χ1n) is 6.78. The largest absolute Gasteiger partial charge is 0.370 e. The van der Waals surface area contributed by atoms with Crippen LogP contribution in [0.4, 0.5) is 0 Å². The molecule has 0 aliphatic heterocycles. The number of nitrogens with one attached hydrogen (secondary N) is 1. The molecule has 0 radical (unpaired) electrons. The molecule has 2 aliphatic rings. The number of guanidine groups is 1. The van der Waals surface area contributed by atoms with Crippen LogP contribution >= 0.6 is 24.0 Å². The van der Waals surface area contributed by atoms with E-state index in [2.05, 4.69) is 17.2 Å². The van der Waals surface area contributed by atoms with Crippen molar-refractivity contribution in [1.29, 1.82) is 0 Å². The number of nitrogens with two attached hydrogens (primary N) is 1. The minimum atomic E-state index is 0. The van der Waals surface area contributed by atoms with Crippen molar-refractivity contribution in [3.8, 4) is 0 Å². The van der Waals surface area contributed by atoms with E-state index in [4.69, 9.17) is 5.73 Å². The molecule has 0 amide bonds. The minimum Gasteiger partial charge on any atom is -0.370 e. The number of halogens is 1. The lowest BCUT2D eigenvalue weighted by molar-refractivity contribution is 0.315. The van der Waals surface area contributed by atoms with E-state index < -0.39 is 0 Å². The predicted molar refractivity (Wildman–Crippen MR) is 83.8 cm³/mol. The molecule has 0 heterocycles. The Morgan fingerprint density at radius 2 is 2.12 bits per heavy atom. The smallest absolute Gasteiger partial charge is 0.188 e. The van der Waals surface area contributed by atoms with E-state index in [1.165, 1.54) is 44.9 Å². The lowest BCUT2D eigenvalue weighted by Gasteiger charge is -2.25. The van der Waals surface area contributed by atoms with Gasteiger partial charge >= 0.3 is 0 Å². The summed E-state index contributed by atoms with van der Waals surface area (Å²) in [6.07, 6.45) is 9.39. The first kappa shape index (κ1) is 15.1. The Hall–Kier alpha value is 0. The number of hydrogen-bond donors (Lipinski definition) is 2. The average Bonchev–Trinajstić information content (AvgIpc) is 2.94. The summed E-state index contributed by atoms with van der Waals surface area (Å²) in [6, 6.07) is 0. The van der Waals surface area contributed by atoms with E-state index in [-0.39, 0.29) is 24.0 Å². The van der Waals surface area contributed by atoms with Crippen molar-refractivity contribution < 1.29 is 0 Å². The molecule has 0 aromatic heterocycles. The number of nitrogens with zero attached hydrogens (tertiary/aromatic N) is 1. The number of rotatable bonds is 6. The summed E-state index contributed by atoms with van der Waals surface area (Å²) in [5.74, 6) is 1.51. The highest BCUT2D eigenvalue weighted by Gasteiger charge is 2.41. The molecule has 3 nitrogen and oxygen atoms in total. The Morgan fingerprint density at radius 3 is 2.59 bits per heavy atom. The second-order valence-electron chi connectivity index (χ2n) is 5.63. The van der Waals surface area contributed by atoms with Gasteiger partial charge in [0.15, 0.2) is 5.96 Å². The summed E-state index contributed by atoms with van der Waals surface area (Å²) < 4.78 is 0. The Morgan fingerprint density at radius 1 is 1.41 bits per heavy atom. The van der Waals surface area contributed by atoms with Gasteiger partial charge in [-0.1, -0.05) is 19.8 Å². The van der Waals surface area contributed by atoms with Crippen LogP contribution in [-0.4, -0.2) is 19.0 Å². The van der Waals surface area contributed by atoms with Crippen molar-refractivity contribution in [3.63, 3.8) is 0 Å². The third-order valence-corrected chi connectivity index (χ3v) is 4.12. The quantitative estimate of drug-likeness (QED) is 0.439. The average molecular weight is 351 g/mol. The topological polar surface area (TPSA) is 50.4 Å². The molecule has 17 heavy (non-hydrogen) atoms. The van der Waals surface area contributed by atoms with Crippen LogP contribution in [0.15, 0.2) is 4.99 Å². The van der Waals surface area contributed by atoms with E-state index in [0.29, 0.717) is 11.4 Å². The maximum atomic E-state index is 5.87. The third kappa shape index (κ3) is 4.64. The molecule has 0 aromatic rings. The molecule has 2 rings (SSSR count). The van der Waals surface area contributed by atoms with Crippen LogP contribution in [0.1, 0.15) is 51.9 Å². The van der Waals surface area contributed by atoms with Crippen molar-refractivity contribution in [2.45, 2.75) is 51.9 Å². The standard InChI is InChI=1S/C13H25N3.HI/c1-2-6-13(7-8-13)10-16-12(14)15-9-11-4-3-5-11;/h11H,2-10H2,1H3,(H3,14,15,16);1H. The van der Waals surface area contributed by atoms with Crippen LogP contribution in [0.3, 0.4) is 0 Å². The van der Waals surface area contributed by atoms with Crippen LogP contribution in [0.2, 0.25) is 0 Å². The van der Waals surface area contributed by atoms with E-state index in [9.17, 15) is 0 Å². The van der Waals surface area contributed by atoms with E-state index in [1.807, 2.05) is 0 Å². The van der Waals surface area contributed by atoms with Gasteiger partial charge in [-0.15, -0.1) is 24.0 Å². The summed E-state index contributed by atoms with van der Waals surface area (Å²) in [7, 11) is 0. The van der Waals surface area contributed by atoms with Crippen LogP contribution in [-0.2, 0) is 0 Å². The molecule has 0 bridgehead atoms. The zero-order valence-electron chi connectivity index (χ0n) is 10.9. The maximum absolute atomic E-state index is 5.87. The Balaban J connectivity index is 0.00000144. The fourth-order valence-electron chi connectivity index (χ4n) is 2.45. The Bertz CT molecular complexity index is 257.